The minimum atomic E-state index is 0.130. The molecular formula is C18H23N. The lowest BCUT2D eigenvalue weighted by molar-refractivity contribution is 0.650. The van der Waals surface area contributed by atoms with Gasteiger partial charge in [-0.3, -0.25) is 0 Å². The number of hydrogen-bond donors (Lipinski definition) is 1. The molecule has 0 aromatic heterocycles. The molecule has 0 aliphatic carbocycles. The van der Waals surface area contributed by atoms with Crippen LogP contribution in [-0.4, -0.2) is 0 Å². The fraction of sp³-hybridized carbons (Fsp3) is 0.333. The van der Waals surface area contributed by atoms with Gasteiger partial charge in [0, 0.05) is 6.04 Å². The van der Waals surface area contributed by atoms with Gasteiger partial charge in [0.2, 0.25) is 0 Å². The summed E-state index contributed by atoms with van der Waals surface area (Å²) < 4.78 is 0. The zero-order valence-electron chi connectivity index (χ0n) is 11.9. The molecule has 0 spiro atoms. The molecule has 100 valence electrons. The second kappa shape index (κ2) is 6.53. The predicted octanol–water partition coefficient (Wildman–Crippen LogP) is 4.19. The molecule has 0 aliphatic heterocycles. The van der Waals surface area contributed by atoms with Crippen LogP contribution in [0.15, 0.2) is 48.5 Å². The minimum absolute atomic E-state index is 0.130. The highest BCUT2D eigenvalue weighted by Crippen LogP contribution is 2.19. The van der Waals surface area contributed by atoms with E-state index in [0.29, 0.717) is 0 Å². The highest BCUT2D eigenvalue weighted by Gasteiger charge is 2.07. The molecule has 19 heavy (non-hydrogen) atoms. The summed E-state index contributed by atoms with van der Waals surface area (Å²) in [6, 6.07) is 17.4. The van der Waals surface area contributed by atoms with Gasteiger partial charge in [0.15, 0.2) is 0 Å². The molecule has 2 N–H and O–H groups in total. The summed E-state index contributed by atoms with van der Waals surface area (Å²) >= 11 is 0. The van der Waals surface area contributed by atoms with Gasteiger partial charge in [0.05, 0.1) is 0 Å². The van der Waals surface area contributed by atoms with Gasteiger partial charge in [0.25, 0.3) is 0 Å². The number of rotatable bonds is 5. The third-order valence-corrected chi connectivity index (χ3v) is 3.80. The van der Waals surface area contributed by atoms with Crippen molar-refractivity contribution in [2.45, 2.75) is 39.2 Å². The lowest BCUT2D eigenvalue weighted by Gasteiger charge is -2.13. The molecule has 0 fully saturated rings. The summed E-state index contributed by atoms with van der Waals surface area (Å²) in [7, 11) is 0. The quantitative estimate of drug-likeness (QED) is 0.849. The lowest BCUT2D eigenvalue weighted by Crippen LogP contribution is -2.11. The maximum Gasteiger partial charge on any atom is 0.0298 e. The maximum absolute atomic E-state index is 6.28. The SMILES string of the molecule is CCc1ccc(C(N)CCc2ccccc2C)cc1. The molecular weight excluding hydrogens is 230 g/mol. The molecule has 0 saturated carbocycles. The fourth-order valence-electron chi connectivity index (χ4n) is 2.37. The maximum atomic E-state index is 6.28. The first-order chi connectivity index (χ1) is 9.20. The van der Waals surface area contributed by atoms with E-state index in [1.165, 1.54) is 22.3 Å². The first-order valence-corrected chi connectivity index (χ1v) is 7.09. The van der Waals surface area contributed by atoms with Gasteiger partial charge in [-0.2, -0.15) is 0 Å². The second-order valence-corrected chi connectivity index (χ2v) is 5.17. The largest absolute Gasteiger partial charge is 0.324 e. The summed E-state index contributed by atoms with van der Waals surface area (Å²) in [6.45, 7) is 4.34. The molecule has 1 nitrogen and oxygen atoms in total. The lowest BCUT2D eigenvalue weighted by atomic mass is 9.97. The molecule has 1 unspecified atom stereocenters. The average molecular weight is 253 g/mol. The topological polar surface area (TPSA) is 26.0 Å². The van der Waals surface area contributed by atoms with Gasteiger partial charge in [-0.25, -0.2) is 0 Å². The van der Waals surface area contributed by atoms with E-state index in [9.17, 15) is 0 Å². The van der Waals surface area contributed by atoms with Crippen molar-refractivity contribution in [2.75, 3.05) is 0 Å². The normalized spacial score (nSPS) is 12.4. The van der Waals surface area contributed by atoms with Crippen LogP contribution in [0.25, 0.3) is 0 Å². The molecule has 0 aliphatic rings. The fourth-order valence-corrected chi connectivity index (χ4v) is 2.37. The van der Waals surface area contributed by atoms with Crippen LogP contribution in [0.5, 0.6) is 0 Å². The summed E-state index contributed by atoms with van der Waals surface area (Å²) in [6.07, 6.45) is 3.12. The van der Waals surface area contributed by atoms with Crippen molar-refractivity contribution < 1.29 is 0 Å². The summed E-state index contributed by atoms with van der Waals surface area (Å²) in [5.41, 5.74) is 11.7. The smallest absolute Gasteiger partial charge is 0.0298 e. The Kier molecular flexibility index (Phi) is 4.75. The Morgan fingerprint density at radius 3 is 2.32 bits per heavy atom. The minimum Gasteiger partial charge on any atom is -0.324 e. The Labute approximate surface area is 116 Å². The Balaban J connectivity index is 1.97. The zero-order chi connectivity index (χ0) is 13.7. The zero-order valence-corrected chi connectivity index (χ0v) is 11.9. The molecule has 0 bridgehead atoms. The van der Waals surface area contributed by atoms with Gasteiger partial charge < -0.3 is 5.73 Å². The van der Waals surface area contributed by atoms with Crippen molar-refractivity contribution in [1.82, 2.24) is 0 Å². The molecule has 1 atom stereocenters. The van der Waals surface area contributed by atoms with Crippen molar-refractivity contribution in [3.63, 3.8) is 0 Å². The van der Waals surface area contributed by atoms with Gasteiger partial charge >= 0.3 is 0 Å². The van der Waals surface area contributed by atoms with E-state index in [-0.39, 0.29) is 6.04 Å². The second-order valence-electron chi connectivity index (χ2n) is 5.17. The van der Waals surface area contributed by atoms with Crippen molar-refractivity contribution in [1.29, 1.82) is 0 Å². The molecule has 2 rings (SSSR count). The van der Waals surface area contributed by atoms with Crippen molar-refractivity contribution in [2.24, 2.45) is 5.73 Å². The Bertz CT molecular complexity index is 513. The van der Waals surface area contributed by atoms with Crippen molar-refractivity contribution in [3.05, 3.63) is 70.8 Å². The first-order valence-electron chi connectivity index (χ1n) is 7.09. The van der Waals surface area contributed by atoms with Crippen LogP contribution in [0, 0.1) is 6.92 Å². The Morgan fingerprint density at radius 1 is 1.00 bits per heavy atom. The summed E-state index contributed by atoms with van der Waals surface area (Å²) in [4.78, 5) is 0. The van der Waals surface area contributed by atoms with Crippen LogP contribution in [0.4, 0.5) is 0 Å². The third-order valence-electron chi connectivity index (χ3n) is 3.80. The van der Waals surface area contributed by atoms with E-state index < -0.39 is 0 Å². The molecule has 0 amide bonds. The Hall–Kier alpha value is -1.60. The molecule has 0 radical (unpaired) electrons. The number of aryl methyl sites for hydroxylation is 3. The van der Waals surface area contributed by atoms with Gasteiger partial charge in [0.1, 0.15) is 0 Å². The highest BCUT2D eigenvalue weighted by molar-refractivity contribution is 5.27. The van der Waals surface area contributed by atoms with E-state index in [2.05, 4.69) is 62.4 Å². The summed E-state index contributed by atoms with van der Waals surface area (Å²) in [5.74, 6) is 0. The third kappa shape index (κ3) is 3.68. The number of hydrogen-bond acceptors (Lipinski definition) is 1. The molecule has 0 saturated heterocycles. The van der Waals surface area contributed by atoms with Crippen LogP contribution in [0.3, 0.4) is 0 Å². The van der Waals surface area contributed by atoms with Crippen LogP contribution in [-0.2, 0) is 12.8 Å². The van der Waals surface area contributed by atoms with Crippen molar-refractivity contribution >= 4 is 0 Å². The molecule has 0 heterocycles. The molecule has 1 heteroatoms. The van der Waals surface area contributed by atoms with E-state index in [0.717, 1.165) is 19.3 Å². The van der Waals surface area contributed by atoms with Crippen molar-refractivity contribution in [3.8, 4) is 0 Å². The average Bonchev–Trinajstić information content (AvgIpc) is 2.46. The molecule has 2 aromatic rings. The van der Waals surface area contributed by atoms with Crippen LogP contribution in [0.1, 0.15) is 41.6 Å². The predicted molar refractivity (Wildman–Crippen MR) is 82.2 cm³/mol. The number of nitrogens with two attached hydrogens (primary N) is 1. The van der Waals surface area contributed by atoms with Gasteiger partial charge in [-0.15, -0.1) is 0 Å². The van der Waals surface area contributed by atoms with Crippen LogP contribution < -0.4 is 5.73 Å². The van der Waals surface area contributed by atoms with Crippen LogP contribution in [0.2, 0.25) is 0 Å². The highest BCUT2D eigenvalue weighted by atomic mass is 14.6. The van der Waals surface area contributed by atoms with E-state index >= 15 is 0 Å². The van der Waals surface area contributed by atoms with E-state index in [4.69, 9.17) is 5.73 Å². The van der Waals surface area contributed by atoms with E-state index in [1.54, 1.807) is 0 Å². The standard InChI is InChI=1S/C18H23N/c1-3-15-8-10-17(11-9-15)18(19)13-12-16-7-5-4-6-14(16)2/h4-11,18H,3,12-13,19H2,1-2H3. The van der Waals surface area contributed by atoms with E-state index in [1.807, 2.05) is 0 Å². The first kappa shape index (κ1) is 13.8. The van der Waals surface area contributed by atoms with Gasteiger partial charge in [-0.1, -0.05) is 55.5 Å². The van der Waals surface area contributed by atoms with Gasteiger partial charge in [-0.05, 0) is 48.4 Å². The monoisotopic (exact) mass is 253 g/mol. The van der Waals surface area contributed by atoms with Crippen LogP contribution >= 0.6 is 0 Å². The number of benzene rings is 2. The molecule has 2 aromatic carbocycles. The summed E-state index contributed by atoms with van der Waals surface area (Å²) in [5, 5.41) is 0. The Morgan fingerprint density at radius 2 is 1.68 bits per heavy atom.